The summed E-state index contributed by atoms with van der Waals surface area (Å²) in [5, 5.41) is 17.9. The zero-order valence-corrected chi connectivity index (χ0v) is 10.0. The molecule has 94 valence electrons. The van der Waals surface area contributed by atoms with E-state index < -0.39 is 0 Å². The number of fused-ring (bicyclic) bond motifs is 1. The van der Waals surface area contributed by atoms with Crippen LogP contribution in [0, 0.1) is 5.92 Å². The quantitative estimate of drug-likeness (QED) is 0.841. The molecule has 17 heavy (non-hydrogen) atoms. The fraction of sp³-hybridized carbons (Fsp3) is 0.833. The fourth-order valence-corrected chi connectivity index (χ4v) is 2.85. The second-order valence-corrected chi connectivity index (χ2v) is 5.08. The number of aliphatic hydroxyl groups is 1. The van der Waals surface area contributed by atoms with Gasteiger partial charge in [-0.15, -0.1) is 10.2 Å². The van der Waals surface area contributed by atoms with Gasteiger partial charge in [0.25, 0.3) is 0 Å². The van der Waals surface area contributed by atoms with E-state index in [0.717, 1.165) is 57.1 Å². The molecule has 5 heteroatoms. The van der Waals surface area contributed by atoms with E-state index in [-0.39, 0.29) is 12.5 Å². The number of hydrogen-bond acceptors (Lipinski definition) is 4. The predicted octanol–water partition coefficient (Wildman–Crippen LogP) is 0.727. The predicted molar refractivity (Wildman–Crippen MR) is 61.7 cm³/mol. The summed E-state index contributed by atoms with van der Waals surface area (Å²) in [5.41, 5.74) is 0. The largest absolute Gasteiger partial charge is 0.396 e. The van der Waals surface area contributed by atoms with E-state index in [1.165, 1.54) is 0 Å². The van der Waals surface area contributed by atoms with Gasteiger partial charge in [0, 0.05) is 32.1 Å². The van der Waals surface area contributed by atoms with Crippen LogP contribution in [-0.2, 0) is 17.7 Å². The molecule has 1 fully saturated rings. The number of ether oxygens (including phenoxy) is 1. The first-order valence-electron chi connectivity index (χ1n) is 6.49. The molecule has 0 radical (unpaired) electrons. The minimum atomic E-state index is 0.185. The van der Waals surface area contributed by atoms with Crippen LogP contribution in [0.1, 0.15) is 36.8 Å². The minimum absolute atomic E-state index is 0.185. The normalized spacial score (nSPS) is 28.3. The number of nitrogens with zero attached hydrogens (tertiary/aromatic N) is 3. The van der Waals surface area contributed by atoms with E-state index in [9.17, 15) is 5.11 Å². The van der Waals surface area contributed by atoms with Crippen molar-refractivity contribution >= 4 is 0 Å². The van der Waals surface area contributed by atoms with Crippen LogP contribution in [0.3, 0.4) is 0 Å². The van der Waals surface area contributed by atoms with Gasteiger partial charge in [0.05, 0.1) is 6.61 Å². The Labute approximate surface area is 101 Å². The van der Waals surface area contributed by atoms with Crippen LogP contribution >= 0.6 is 0 Å². The van der Waals surface area contributed by atoms with Crippen LogP contribution in [0.5, 0.6) is 0 Å². The lowest BCUT2D eigenvalue weighted by atomic mass is 9.99. The number of aromatic nitrogens is 3. The Morgan fingerprint density at radius 2 is 2.29 bits per heavy atom. The summed E-state index contributed by atoms with van der Waals surface area (Å²) < 4.78 is 7.61. The van der Waals surface area contributed by atoms with Crippen molar-refractivity contribution in [3.05, 3.63) is 11.6 Å². The van der Waals surface area contributed by atoms with E-state index in [1.54, 1.807) is 0 Å². The number of hydrogen-bond donors (Lipinski definition) is 1. The summed E-state index contributed by atoms with van der Waals surface area (Å²) in [6.45, 7) is 2.92. The molecule has 0 amide bonds. The molecule has 1 aromatic rings. The van der Waals surface area contributed by atoms with Gasteiger partial charge in [0.1, 0.15) is 11.6 Å². The molecular formula is C12H19N3O2. The van der Waals surface area contributed by atoms with Gasteiger partial charge in [-0.3, -0.25) is 0 Å². The zero-order valence-electron chi connectivity index (χ0n) is 10.0. The molecule has 3 rings (SSSR count). The molecule has 1 saturated heterocycles. The van der Waals surface area contributed by atoms with E-state index in [0.29, 0.717) is 5.92 Å². The van der Waals surface area contributed by atoms with Crippen molar-refractivity contribution in [3.8, 4) is 0 Å². The highest BCUT2D eigenvalue weighted by atomic mass is 16.5. The van der Waals surface area contributed by atoms with Crippen molar-refractivity contribution in [2.24, 2.45) is 5.92 Å². The number of rotatable bonds is 3. The standard InChI is InChI=1S/C12H19N3O2/c16-7-10-2-1-4-15-11(13-14-12(10)15)6-9-3-5-17-8-9/h9-10,16H,1-8H2. The van der Waals surface area contributed by atoms with Crippen molar-refractivity contribution in [1.82, 2.24) is 14.8 Å². The van der Waals surface area contributed by atoms with Crippen LogP contribution in [0.15, 0.2) is 0 Å². The highest BCUT2D eigenvalue weighted by Gasteiger charge is 2.26. The maximum Gasteiger partial charge on any atom is 0.138 e. The first-order chi connectivity index (χ1) is 8.38. The highest BCUT2D eigenvalue weighted by molar-refractivity contribution is 5.06. The van der Waals surface area contributed by atoms with Crippen molar-refractivity contribution < 1.29 is 9.84 Å². The van der Waals surface area contributed by atoms with Crippen LogP contribution in [0.25, 0.3) is 0 Å². The van der Waals surface area contributed by atoms with Crippen molar-refractivity contribution in [3.63, 3.8) is 0 Å². The molecule has 2 atom stereocenters. The van der Waals surface area contributed by atoms with Gasteiger partial charge in [0.2, 0.25) is 0 Å². The van der Waals surface area contributed by atoms with Gasteiger partial charge >= 0.3 is 0 Å². The Morgan fingerprint density at radius 1 is 1.35 bits per heavy atom. The fourth-order valence-electron chi connectivity index (χ4n) is 2.85. The second kappa shape index (κ2) is 4.74. The second-order valence-electron chi connectivity index (χ2n) is 5.08. The third-order valence-electron chi connectivity index (χ3n) is 3.87. The average molecular weight is 237 g/mol. The third-order valence-corrected chi connectivity index (χ3v) is 3.87. The Balaban J connectivity index is 1.79. The maximum atomic E-state index is 9.33. The lowest BCUT2D eigenvalue weighted by Crippen LogP contribution is -2.21. The summed E-state index contributed by atoms with van der Waals surface area (Å²) in [6, 6.07) is 0. The summed E-state index contributed by atoms with van der Waals surface area (Å²) in [7, 11) is 0. The highest BCUT2D eigenvalue weighted by Crippen LogP contribution is 2.27. The Morgan fingerprint density at radius 3 is 3.06 bits per heavy atom. The molecule has 0 saturated carbocycles. The maximum absolute atomic E-state index is 9.33. The van der Waals surface area contributed by atoms with Crippen LogP contribution in [0.4, 0.5) is 0 Å². The molecule has 1 aromatic heterocycles. The first-order valence-corrected chi connectivity index (χ1v) is 6.49. The third kappa shape index (κ3) is 2.09. The molecular weight excluding hydrogens is 218 g/mol. The van der Waals surface area contributed by atoms with Crippen LogP contribution in [-0.4, -0.2) is 39.7 Å². The molecule has 3 heterocycles. The van der Waals surface area contributed by atoms with Crippen molar-refractivity contribution in [2.75, 3.05) is 19.8 Å². The van der Waals surface area contributed by atoms with Crippen LogP contribution < -0.4 is 0 Å². The molecule has 1 N–H and O–H groups in total. The van der Waals surface area contributed by atoms with E-state index in [4.69, 9.17) is 4.74 Å². The van der Waals surface area contributed by atoms with Crippen molar-refractivity contribution in [2.45, 2.75) is 38.1 Å². The summed E-state index contributed by atoms with van der Waals surface area (Å²) >= 11 is 0. The smallest absolute Gasteiger partial charge is 0.138 e. The Kier molecular flexibility index (Phi) is 3.11. The summed E-state index contributed by atoms with van der Waals surface area (Å²) in [4.78, 5) is 0. The first kappa shape index (κ1) is 11.2. The lowest BCUT2D eigenvalue weighted by Gasteiger charge is -2.22. The van der Waals surface area contributed by atoms with E-state index in [2.05, 4.69) is 14.8 Å². The SMILES string of the molecule is OCC1CCCn2c(CC3CCOC3)nnc21. The summed E-state index contributed by atoms with van der Waals surface area (Å²) in [6.07, 6.45) is 4.24. The molecule has 0 spiro atoms. The lowest BCUT2D eigenvalue weighted by molar-refractivity contribution is 0.185. The topological polar surface area (TPSA) is 60.2 Å². The molecule has 5 nitrogen and oxygen atoms in total. The molecule has 0 bridgehead atoms. The Hall–Kier alpha value is -0.940. The van der Waals surface area contributed by atoms with E-state index >= 15 is 0 Å². The monoisotopic (exact) mass is 237 g/mol. The molecule has 2 unspecified atom stereocenters. The summed E-state index contributed by atoms with van der Waals surface area (Å²) in [5.74, 6) is 2.84. The molecule has 0 aliphatic carbocycles. The van der Waals surface area contributed by atoms with Gasteiger partial charge in [-0.05, 0) is 25.2 Å². The molecule has 2 aliphatic heterocycles. The van der Waals surface area contributed by atoms with Gasteiger partial charge in [0.15, 0.2) is 0 Å². The van der Waals surface area contributed by atoms with Gasteiger partial charge < -0.3 is 14.4 Å². The van der Waals surface area contributed by atoms with Gasteiger partial charge in [-0.25, -0.2) is 0 Å². The molecule has 2 aliphatic rings. The minimum Gasteiger partial charge on any atom is -0.396 e. The Bertz CT molecular complexity index is 385. The van der Waals surface area contributed by atoms with Gasteiger partial charge in [-0.1, -0.05) is 0 Å². The van der Waals surface area contributed by atoms with Gasteiger partial charge in [-0.2, -0.15) is 0 Å². The van der Waals surface area contributed by atoms with E-state index in [1.807, 2.05) is 0 Å². The zero-order chi connectivity index (χ0) is 11.7. The number of aliphatic hydroxyl groups excluding tert-OH is 1. The molecule has 0 aromatic carbocycles. The van der Waals surface area contributed by atoms with Crippen LogP contribution in [0.2, 0.25) is 0 Å². The average Bonchev–Trinajstić information content (AvgIpc) is 2.99. The van der Waals surface area contributed by atoms with Crippen molar-refractivity contribution in [1.29, 1.82) is 0 Å².